The highest BCUT2D eigenvalue weighted by Crippen LogP contribution is 2.31. The second-order valence-electron chi connectivity index (χ2n) is 4.75. The topological polar surface area (TPSA) is 89.0 Å². The molecule has 0 fully saturated rings. The number of hydrogen-bond acceptors (Lipinski definition) is 5. The molecule has 0 aromatic heterocycles. The van der Waals surface area contributed by atoms with E-state index in [9.17, 15) is 9.59 Å². The van der Waals surface area contributed by atoms with Gasteiger partial charge in [0.1, 0.15) is 11.5 Å². The Labute approximate surface area is 153 Å². The molecule has 2 amide bonds. The van der Waals surface area contributed by atoms with Gasteiger partial charge >= 0.3 is 11.8 Å². The largest absolute Gasteiger partial charge is 0.496 e. The number of benzene rings is 2. The van der Waals surface area contributed by atoms with Gasteiger partial charge in [-0.25, -0.2) is 5.43 Å². The summed E-state index contributed by atoms with van der Waals surface area (Å²) < 4.78 is 11.1. The van der Waals surface area contributed by atoms with Gasteiger partial charge < -0.3 is 14.8 Å². The first-order chi connectivity index (χ1) is 12.0. The van der Waals surface area contributed by atoms with Crippen LogP contribution >= 0.6 is 15.9 Å². The van der Waals surface area contributed by atoms with Crippen molar-refractivity contribution in [2.45, 2.75) is 0 Å². The molecule has 2 N–H and O–H groups in total. The quantitative estimate of drug-likeness (QED) is 0.454. The van der Waals surface area contributed by atoms with Crippen LogP contribution < -0.4 is 20.2 Å². The van der Waals surface area contributed by atoms with Crippen LogP contribution in [0.1, 0.15) is 5.56 Å². The Morgan fingerprint density at radius 3 is 2.36 bits per heavy atom. The number of rotatable bonds is 5. The van der Waals surface area contributed by atoms with Crippen LogP contribution in [0.25, 0.3) is 0 Å². The molecule has 2 aromatic carbocycles. The Hall–Kier alpha value is -2.87. The molecule has 8 heteroatoms. The number of anilines is 1. The van der Waals surface area contributed by atoms with Gasteiger partial charge in [0.25, 0.3) is 0 Å². The van der Waals surface area contributed by atoms with Gasteiger partial charge in [-0.05, 0) is 34.1 Å². The van der Waals surface area contributed by atoms with E-state index in [1.165, 1.54) is 13.3 Å². The fraction of sp³-hybridized carbons (Fsp3) is 0.118. The van der Waals surface area contributed by atoms with E-state index in [0.29, 0.717) is 27.2 Å². The maximum atomic E-state index is 11.8. The summed E-state index contributed by atoms with van der Waals surface area (Å²) >= 11 is 3.36. The van der Waals surface area contributed by atoms with E-state index < -0.39 is 11.8 Å². The lowest BCUT2D eigenvalue weighted by atomic mass is 10.2. The van der Waals surface area contributed by atoms with Gasteiger partial charge in [-0.1, -0.05) is 18.2 Å². The van der Waals surface area contributed by atoms with Gasteiger partial charge in [0, 0.05) is 17.3 Å². The summed E-state index contributed by atoms with van der Waals surface area (Å²) in [5.74, 6) is -0.593. The van der Waals surface area contributed by atoms with Crippen LogP contribution in [0.3, 0.4) is 0 Å². The molecule has 0 radical (unpaired) electrons. The molecule has 7 nitrogen and oxygen atoms in total. The Balaban J connectivity index is 2.01. The Bertz CT molecular complexity index is 794. The average molecular weight is 406 g/mol. The summed E-state index contributed by atoms with van der Waals surface area (Å²) in [5.41, 5.74) is 3.28. The highest BCUT2D eigenvalue weighted by atomic mass is 79.9. The van der Waals surface area contributed by atoms with E-state index in [2.05, 4.69) is 31.8 Å². The minimum absolute atomic E-state index is 0.506. The first-order valence-electron chi connectivity index (χ1n) is 7.16. The number of halogens is 1. The average Bonchev–Trinajstić information content (AvgIpc) is 2.62. The van der Waals surface area contributed by atoms with E-state index in [1.807, 2.05) is 0 Å². The summed E-state index contributed by atoms with van der Waals surface area (Å²) in [5, 5.41) is 6.25. The summed E-state index contributed by atoms with van der Waals surface area (Å²) in [4.78, 5) is 23.5. The van der Waals surface area contributed by atoms with Gasteiger partial charge in [-0.15, -0.1) is 0 Å². The van der Waals surface area contributed by atoms with Gasteiger partial charge in [0.05, 0.1) is 24.9 Å². The molecule has 0 aliphatic heterocycles. The Morgan fingerprint density at radius 2 is 1.72 bits per heavy atom. The minimum atomic E-state index is -0.883. The molecule has 25 heavy (non-hydrogen) atoms. The molecule has 0 bridgehead atoms. The molecular formula is C17H16BrN3O4. The molecule has 0 saturated carbocycles. The molecular weight excluding hydrogens is 390 g/mol. The number of carbonyl (C=O) groups is 2. The number of carbonyl (C=O) groups excluding carboxylic acids is 2. The Kier molecular flexibility index (Phi) is 6.53. The van der Waals surface area contributed by atoms with Crippen LogP contribution in [0.15, 0.2) is 52.0 Å². The second-order valence-corrected chi connectivity index (χ2v) is 5.60. The summed E-state index contributed by atoms with van der Waals surface area (Å²) in [6, 6.07) is 12.1. The molecule has 0 aliphatic rings. The number of nitrogens with zero attached hydrogens (tertiary/aromatic N) is 1. The number of para-hydroxylation sites is 1. The van der Waals surface area contributed by atoms with Crippen molar-refractivity contribution in [3.63, 3.8) is 0 Å². The number of methoxy groups -OCH3 is 2. The third-order valence-corrected chi connectivity index (χ3v) is 3.73. The van der Waals surface area contributed by atoms with Crippen molar-refractivity contribution in [2.24, 2.45) is 5.10 Å². The molecule has 0 saturated heterocycles. The van der Waals surface area contributed by atoms with Crippen LogP contribution in [-0.2, 0) is 9.59 Å². The molecule has 0 unspecified atom stereocenters. The van der Waals surface area contributed by atoms with Crippen molar-refractivity contribution < 1.29 is 19.1 Å². The van der Waals surface area contributed by atoms with Crippen LogP contribution in [0, 0.1) is 0 Å². The predicted octanol–water partition coefficient (Wildman–Crippen LogP) is 2.56. The van der Waals surface area contributed by atoms with E-state index in [4.69, 9.17) is 9.47 Å². The minimum Gasteiger partial charge on any atom is -0.496 e. The van der Waals surface area contributed by atoms with E-state index in [1.54, 1.807) is 49.6 Å². The maximum Gasteiger partial charge on any atom is 0.329 e. The molecule has 0 aliphatic carbocycles. The molecule has 2 rings (SSSR count). The van der Waals surface area contributed by atoms with Crippen molar-refractivity contribution in [2.75, 3.05) is 19.5 Å². The van der Waals surface area contributed by atoms with Gasteiger partial charge in [-0.3, -0.25) is 9.59 Å². The highest BCUT2D eigenvalue weighted by Gasteiger charge is 2.13. The summed E-state index contributed by atoms with van der Waals surface area (Å²) in [6.07, 6.45) is 1.37. The van der Waals surface area contributed by atoms with E-state index in [-0.39, 0.29) is 0 Å². The fourth-order valence-corrected chi connectivity index (χ4v) is 2.43. The monoisotopic (exact) mass is 405 g/mol. The molecule has 0 spiro atoms. The number of amides is 2. The summed E-state index contributed by atoms with van der Waals surface area (Å²) in [6.45, 7) is 0. The lowest BCUT2D eigenvalue weighted by molar-refractivity contribution is -0.136. The number of ether oxygens (including phenoxy) is 2. The smallest absolute Gasteiger partial charge is 0.329 e. The van der Waals surface area contributed by atoms with Crippen LogP contribution in [0.5, 0.6) is 11.5 Å². The Morgan fingerprint density at radius 1 is 1.04 bits per heavy atom. The number of hydrazone groups is 1. The predicted molar refractivity (Wildman–Crippen MR) is 98.1 cm³/mol. The summed E-state index contributed by atoms with van der Waals surface area (Å²) in [7, 11) is 3.05. The normalized spacial score (nSPS) is 10.4. The highest BCUT2D eigenvalue weighted by molar-refractivity contribution is 9.10. The molecule has 2 aromatic rings. The number of hydrogen-bond donors (Lipinski definition) is 2. The standard InChI is InChI=1S/C17H16BrN3O4/c1-24-14-9-15(25-2)13(18)8-11(14)10-19-21-17(23)16(22)20-12-6-4-3-5-7-12/h3-10H,1-2H3,(H,20,22)(H,21,23)/b19-10-. The third-order valence-electron chi connectivity index (χ3n) is 3.11. The fourth-order valence-electron chi connectivity index (χ4n) is 1.90. The van der Waals surface area contributed by atoms with Gasteiger partial charge in [-0.2, -0.15) is 5.10 Å². The zero-order valence-corrected chi connectivity index (χ0v) is 15.2. The lowest BCUT2D eigenvalue weighted by Crippen LogP contribution is -2.32. The molecule has 0 atom stereocenters. The van der Waals surface area contributed by atoms with Crippen LogP contribution in [-0.4, -0.2) is 32.2 Å². The van der Waals surface area contributed by atoms with Crippen LogP contribution in [0.4, 0.5) is 5.69 Å². The third kappa shape index (κ3) is 5.05. The van der Waals surface area contributed by atoms with Gasteiger partial charge in [0.2, 0.25) is 0 Å². The molecule has 0 heterocycles. The van der Waals surface area contributed by atoms with Crippen molar-refractivity contribution >= 4 is 39.6 Å². The van der Waals surface area contributed by atoms with Crippen molar-refractivity contribution in [3.8, 4) is 11.5 Å². The first kappa shape index (κ1) is 18.5. The lowest BCUT2D eigenvalue weighted by Gasteiger charge is -2.09. The maximum absolute atomic E-state index is 11.8. The SMILES string of the molecule is COc1cc(OC)c(/C=N\NC(=O)C(=O)Nc2ccccc2)cc1Br. The second kappa shape index (κ2) is 8.84. The molecule has 130 valence electrons. The number of nitrogens with one attached hydrogen (secondary N) is 2. The van der Waals surface area contributed by atoms with Crippen molar-refractivity contribution in [1.82, 2.24) is 5.43 Å². The van der Waals surface area contributed by atoms with E-state index >= 15 is 0 Å². The van der Waals surface area contributed by atoms with Crippen molar-refractivity contribution in [3.05, 3.63) is 52.5 Å². The zero-order valence-electron chi connectivity index (χ0n) is 13.6. The van der Waals surface area contributed by atoms with Gasteiger partial charge in [0.15, 0.2) is 0 Å². The first-order valence-corrected chi connectivity index (χ1v) is 7.95. The van der Waals surface area contributed by atoms with E-state index in [0.717, 1.165) is 0 Å². The van der Waals surface area contributed by atoms with Crippen molar-refractivity contribution in [1.29, 1.82) is 0 Å². The van der Waals surface area contributed by atoms with Crippen LogP contribution in [0.2, 0.25) is 0 Å². The zero-order chi connectivity index (χ0) is 18.2.